The molecule has 0 saturated heterocycles. The monoisotopic (exact) mass is 273 g/mol. The number of hydrogen-bond acceptors (Lipinski definition) is 4. The Morgan fingerprint density at radius 2 is 2.28 bits per heavy atom. The number of aryl methyl sites for hydroxylation is 1. The van der Waals surface area contributed by atoms with E-state index in [1.165, 1.54) is 6.20 Å². The lowest BCUT2D eigenvalue weighted by atomic mass is 10.4. The van der Waals surface area contributed by atoms with Gasteiger partial charge < -0.3 is 5.11 Å². The Morgan fingerprint density at radius 3 is 2.72 bits per heavy atom. The highest BCUT2D eigenvalue weighted by atomic mass is 32.2. The van der Waals surface area contributed by atoms with E-state index in [0.29, 0.717) is 5.69 Å². The Hall–Kier alpha value is -1.41. The summed E-state index contributed by atoms with van der Waals surface area (Å²) in [5, 5.41) is 15.0. The van der Waals surface area contributed by atoms with Gasteiger partial charge in [-0.3, -0.25) is 9.89 Å². The van der Waals surface area contributed by atoms with Crippen LogP contribution in [0.3, 0.4) is 0 Å². The number of carboxylic acids is 1. The van der Waals surface area contributed by atoms with Crippen LogP contribution in [-0.2, 0) is 14.8 Å². The first-order valence-electron chi connectivity index (χ1n) is 5.63. The summed E-state index contributed by atoms with van der Waals surface area (Å²) in [6.07, 6.45) is 3.12. The number of carboxylic acid groups (broad SMARTS) is 1. The molecule has 1 fully saturated rings. The van der Waals surface area contributed by atoms with Crippen molar-refractivity contribution in [2.24, 2.45) is 5.92 Å². The van der Waals surface area contributed by atoms with E-state index in [0.717, 1.165) is 17.1 Å². The Balaban J connectivity index is 2.27. The van der Waals surface area contributed by atoms with E-state index in [1.807, 2.05) is 0 Å². The average Bonchev–Trinajstić information content (AvgIpc) is 2.97. The number of carbonyl (C=O) groups is 1. The smallest absolute Gasteiger partial charge is 0.318 e. The van der Waals surface area contributed by atoms with Crippen molar-refractivity contribution >= 4 is 16.0 Å². The number of nitrogens with zero attached hydrogens (tertiary/aromatic N) is 2. The van der Waals surface area contributed by atoms with E-state index in [-0.39, 0.29) is 17.4 Å². The zero-order chi connectivity index (χ0) is 13.3. The Morgan fingerprint density at radius 1 is 1.61 bits per heavy atom. The third kappa shape index (κ3) is 2.70. The van der Waals surface area contributed by atoms with Crippen molar-refractivity contribution in [3.05, 3.63) is 11.9 Å². The van der Waals surface area contributed by atoms with Crippen LogP contribution in [0.1, 0.15) is 18.5 Å². The molecular weight excluding hydrogens is 258 g/mol. The number of aliphatic carboxylic acids is 1. The molecule has 18 heavy (non-hydrogen) atoms. The molecule has 2 rings (SSSR count). The van der Waals surface area contributed by atoms with Gasteiger partial charge in [-0.15, -0.1) is 0 Å². The third-order valence-electron chi connectivity index (χ3n) is 2.87. The van der Waals surface area contributed by atoms with Gasteiger partial charge in [0.25, 0.3) is 0 Å². The number of aromatic amines is 1. The van der Waals surface area contributed by atoms with Crippen molar-refractivity contribution in [3.63, 3.8) is 0 Å². The summed E-state index contributed by atoms with van der Waals surface area (Å²) in [6, 6.07) is 0. The molecule has 8 heteroatoms. The number of sulfonamides is 1. The minimum Gasteiger partial charge on any atom is -0.480 e. The molecule has 1 saturated carbocycles. The number of hydrogen-bond donors (Lipinski definition) is 2. The van der Waals surface area contributed by atoms with E-state index in [2.05, 4.69) is 10.2 Å². The van der Waals surface area contributed by atoms with Gasteiger partial charge in [0.2, 0.25) is 10.0 Å². The van der Waals surface area contributed by atoms with Crippen LogP contribution in [0.2, 0.25) is 0 Å². The minimum atomic E-state index is -3.78. The lowest BCUT2D eigenvalue weighted by molar-refractivity contribution is -0.137. The average molecular weight is 273 g/mol. The van der Waals surface area contributed by atoms with Crippen molar-refractivity contribution in [1.82, 2.24) is 14.5 Å². The second kappa shape index (κ2) is 4.69. The molecule has 1 heterocycles. The molecule has 0 atom stereocenters. The molecule has 0 radical (unpaired) electrons. The molecule has 1 aromatic rings. The maximum atomic E-state index is 12.3. The first-order valence-corrected chi connectivity index (χ1v) is 7.07. The fourth-order valence-corrected chi connectivity index (χ4v) is 3.31. The van der Waals surface area contributed by atoms with Crippen LogP contribution in [0, 0.1) is 12.8 Å². The van der Waals surface area contributed by atoms with Crippen LogP contribution < -0.4 is 0 Å². The van der Waals surface area contributed by atoms with Crippen LogP contribution in [0.5, 0.6) is 0 Å². The maximum Gasteiger partial charge on any atom is 0.318 e. The van der Waals surface area contributed by atoms with Crippen LogP contribution in [0.25, 0.3) is 0 Å². The molecule has 0 spiro atoms. The highest BCUT2D eigenvalue weighted by Crippen LogP contribution is 2.31. The topological polar surface area (TPSA) is 103 Å². The number of nitrogens with one attached hydrogen (secondary N) is 1. The van der Waals surface area contributed by atoms with E-state index in [9.17, 15) is 13.2 Å². The van der Waals surface area contributed by atoms with Gasteiger partial charge in [0.15, 0.2) is 0 Å². The summed E-state index contributed by atoms with van der Waals surface area (Å²) >= 11 is 0. The van der Waals surface area contributed by atoms with Crippen LogP contribution in [0.4, 0.5) is 0 Å². The summed E-state index contributed by atoms with van der Waals surface area (Å²) in [4.78, 5) is 10.8. The van der Waals surface area contributed by atoms with Gasteiger partial charge in [0, 0.05) is 6.54 Å². The molecule has 0 bridgehead atoms. The van der Waals surface area contributed by atoms with E-state index in [4.69, 9.17) is 5.11 Å². The van der Waals surface area contributed by atoms with Crippen molar-refractivity contribution in [2.75, 3.05) is 13.1 Å². The quantitative estimate of drug-likeness (QED) is 0.770. The van der Waals surface area contributed by atoms with Gasteiger partial charge in [0.1, 0.15) is 11.4 Å². The summed E-state index contributed by atoms with van der Waals surface area (Å²) < 4.78 is 25.6. The lowest BCUT2D eigenvalue weighted by Gasteiger charge is -2.19. The first kappa shape index (κ1) is 13.0. The molecular formula is C10H15N3O4S. The normalized spacial score (nSPS) is 16.1. The van der Waals surface area contributed by atoms with Crippen LogP contribution in [0.15, 0.2) is 11.1 Å². The predicted octanol–water partition coefficient (Wildman–Crippen LogP) is 0.203. The second-order valence-corrected chi connectivity index (χ2v) is 6.40. The molecule has 100 valence electrons. The third-order valence-corrected chi connectivity index (χ3v) is 4.80. The SMILES string of the molecule is Cc1[nH]ncc1S(=O)(=O)N(CC(=O)O)CC1CC1. The largest absolute Gasteiger partial charge is 0.480 e. The summed E-state index contributed by atoms with van der Waals surface area (Å²) in [5.74, 6) is -0.869. The minimum absolute atomic E-state index is 0.0457. The molecule has 2 N–H and O–H groups in total. The summed E-state index contributed by atoms with van der Waals surface area (Å²) in [6.45, 7) is 1.35. The molecule has 7 nitrogen and oxygen atoms in total. The van der Waals surface area contributed by atoms with Gasteiger partial charge in [0.05, 0.1) is 11.9 Å². The molecule has 0 amide bonds. The second-order valence-electron chi connectivity index (χ2n) is 4.49. The predicted molar refractivity (Wildman–Crippen MR) is 62.4 cm³/mol. The molecule has 1 aromatic heterocycles. The van der Waals surface area contributed by atoms with E-state index < -0.39 is 22.5 Å². The first-order chi connectivity index (χ1) is 8.41. The molecule has 0 aliphatic heterocycles. The highest BCUT2D eigenvalue weighted by molar-refractivity contribution is 7.89. The molecule has 1 aliphatic carbocycles. The zero-order valence-electron chi connectivity index (χ0n) is 9.96. The zero-order valence-corrected chi connectivity index (χ0v) is 10.8. The molecule has 1 aliphatic rings. The standard InChI is InChI=1S/C10H15N3O4S/c1-7-9(4-11-12-7)18(16,17)13(6-10(14)15)5-8-2-3-8/h4,8H,2-3,5-6H2,1H3,(H,11,12)(H,14,15). The molecule has 0 aromatic carbocycles. The van der Waals surface area contributed by atoms with Crippen molar-refractivity contribution in [3.8, 4) is 0 Å². The Bertz CT molecular complexity index is 547. The fraction of sp³-hybridized carbons (Fsp3) is 0.600. The highest BCUT2D eigenvalue weighted by Gasteiger charge is 2.34. The summed E-state index contributed by atoms with van der Waals surface area (Å²) in [7, 11) is -3.78. The van der Waals surface area contributed by atoms with Crippen molar-refractivity contribution in [1.29, 1.82) is 0 Å². The van der Waals surface area contributed by atoms with E-state index >= 15 is 0 Å². The van der Waals surface area contributed by atoms with Gasteiger partial charge in [-0.2, -0.15) is 9.40 Å². The number of H-pyrrole nitrogens is 1. The van der Waals surface area contributed by atoms with Gasteiger partial charge >= 0.3 is 5.97 Å². The van der Waals surface area contributed by atoms with Crippen LogP contribution in [-0.4, -0.2) is 47.1 Å². The van der Waals surface area contributed by atoms with E-state index in [1.54, 1.807) is 6.92 Å². The Kier molecular flexibility index (Phi) is 3.40. The van der Waals surface area contributed by atoms with Crippen molar-refractivity contribution < 1.29 is 18.3 Å². The van der Waals surface area contributed by atoms with Gasteiger partial charge in [-0.25, -0.2) is 8.42 Å². The maximum absolute atomic E-state index is 12.3. The fourth-order valence-electron chi connectivity index (χ4n) is 1.73. The lowest BCUT2D eigenvalue weighted by Crippen LogP contribution is -2.37. The van der Waals surface area contributed by atoms with Gasteiger partial charge in [-0.1, -0.05) is 0 Å². The van der Waals surface area contributed by atoms with Crippen LogP contribution >= 0.6 is 0 Å². The van der Waals surface area contributed by atoms with Gasteiger partial charge in [-0.05, 0) is 25.7 Å². The van der Waals surface area contributed by atoms with Crippen molar-refractivity contribution in [2.45, 2.75) is 24.7 Å². The number of aromatic nitrogens is 2. The summed E-state index contributed by atoms with van der Waals surface area (Å²) in [5.41, 5.74) is 0.418. The Labute approximate surface area is 105 Å². The molecule has 0 unspecified atom stereocenters. The number of rotatable bonds is 6.